The van der Waals surface area contributed by atoms with E-state index in [-0.39, 0.29) is 31.0 Å². The lowest BCUT2D eigenvalue weighted by Crippen LogP contribution is -2.50. The van der Waals surface area contributed by atoms with E-state index in [2.05, 4.69) is 27.9 Å². The predicted molar refractivity (Wildman–Crippen MR) is 127 cm³/mol. The quantitative estimate of drug-likeness (QED) is 0.490. The van der Waals surface area contributed by atoms with Crippen molar-refractivity contribution in [2.45, 2.75) is 51.2 Å². The zero-order valence-corrected chi connectivity index (χ0v) is 19.9. The Morgan fingerprint density at radius 3 is 2.50 bits per heavy atom. The number of nitrogens with zero attached hydrogens (tertiary/aromatic N) is 1. The molecule has 2 aromatic carbocycles. The SMILES string of the molecule is C[C@@H](C(=O)NC1CCCC1)N(Cc1ccccc1Cl)C(=O)COc1ccc(I)cc1. The van der Waals surface area contributed by atoms with Crippen molar-refractivity contribution >= 4 is 46.0 Å². The summed E-state index contributed by atoms with van der Waals surface area (Å²) in [6.45, 7) is 1.85. The molecule has 1 atom stereocenters. The van der Waals surface area contributed by atoms with Crippen LogP contribution in [-0.2, 0) is 16.1 Å². The van der Waals surface area contributed by atoms with Gasteiger partial charge in [-0.3, -0.25) is 9.59 Å². The van der Waals surface area contributed by atoms with Crippen LogP contribution in [0.25, 0.3) is 0 Å². The summed E-state index contributed by atoms with van der Waals surface area (Å²) < 4.78 is 6.76. The number of benzene rings is 2. The highest BCUT2D eigenvalue weighted by Crippen LogP contribution is 2.21. The van der Waals surface area contributed by atoms with Gasteiger partial charge in [-0.05, 0) is 78.3 Å². The van der Waals surface area contributed by atoms with E-state index in [9.17, 15) is 9.59 Å². The first-order chi connectivity index (χ1) is 14.4. The normalized spacial score (nSPS) is 14.9. The molecule has 0 aliphatic heterocycles. The molecule has 7 heteroatoms. The molecule has 1 aliphatic rings. The highest BCUT2D eigenvalue weighted by atomic mass is 127. The third-order valence-corrected chi connectivity index (χ3v) is 6.43. The summed E-state index contributed by atoms with van der Waals surface area (Å²) in [6.07, 6.45) is 4.25. The summed E-state index contributed by atoms with van der Waals surface area (Å²) in [5, 5.41) is 3.65. The number of hydrogen-bond acceptors (Lipinski definition) is 3. The summed E-state index contributed by atoms with van der Waals surface area (Å²) in [7, 11) is 0. The zero-order chi connectivity index (χ0) is 21.5. The highest BCUT2D eigenvalue weighted by Gasteiger charge is 2.29. The summed E-state index contributed by atoms with van der Waals surface area (Å²) in [5.74, 6) is 0.212. The van der Waals surface area contributed by atoms with Gasteiger partial charge in [0.05, 0.1) is 0 Å². The number of nitrogens with one attached hydrogen (secondary N) is 1. The van der Waals surface area contributed by atoms with Gasteiger partial charge in [-0.1, -0.05) is 42.6 Å². The third kappa shape index (κ3) is 6.35. The fourth-order valence-electron chi connectivity index (χ4n) is 3.54. The molecule has 5 nitrogen and oxygen atoms in total. The lowest BCUT2D eigenvalue weighted by molar-refractivity contribution is -0.142. The van der Waals surface area contributed by atoms with Crippen molar-refractivity contribution in [1.82, 2.24) is 10.2 Å². The Hall–Kier alpha value is -1.80. The number of halogens is 2. The molecule has 1 saturated carbocycles. The van der Waals surface area contributed by atoms with Gasteiger partial charge < -0.3 is 15.0 Å². The van der Waals surface area contributed by atoms with E-state index in [4.69, 9.17) is 16.3 Å². The second-order valence-electron chi connectivity index (χ2n) is 7.52. The average molecular weight is 541 g/mol. The molecule has 30 heavy (non-hydrogen) atoms. The van der Waals surface area contributed by atoms with Crippen LogP contribution in [-0.4, -0.2) is 35.4 Å². The maximum Gasteiger partial charge on any atom is 0.261 e. The molecule has 1 N–H and O–H groups in total. The number of ether oxygens (including phenoxy) is 1. The second kappa shape index (κ2) is 11.0. The van der Waals surface area contributed by atoms with E-state index in [0.717, 1.165) is 34.8 Å². The lowest BCUT2D eigenvalue weighted by Gasteiger charge is -2.30. The van der Waals surface area contributed by atoms with Gasteiger partial charge in [-0.2, -0.15) is 0 Å². The van der Waals surface area contributed by atoms with Gasteiger partial charge in [0, 0.05) is 21.2 Å². The van der Waals surface area contributed by atoms with Crippen molar-refractivity contribution < 1.29 is 14.3 Å². The minimum atomic E-state index is -0.630. The molecule has 0 spiro atoms. The van der Waals surface area contributed by atoms with Crippen molar-refractivity contribution in [3.8, 4) is 5.75 Å². The zero-order valence-electron chi connectivity index (χ0n) is 16.9. The number of carbonyl (C=O) groups excluding carboxylic acids is 2. The van der Waals surface area contributed by atoms with Gasteiger partial charge in [0.25, 0.3) is 5.91 Å². The van der Waals surface area contributed by atoms with Crippen molar-refractivity contribution in [2.24, 2.45) is 0 Å². The number of hydrogen-bond donors (Lipinski definition) is 1. The monoisotopic (exact) mass is 540 g/mol. The Balaban J connectivity index is 1.71. The molecule has 1 aliphatic carbocycles. The minimum absolute atomic E-state index is 0.142. The highest BCUT2D eigenvalue weighted by molar-refractivity contribution is 14.1. The molecule has 0 radical (unpaired) electrons. The van der Waals surface area contributed by atoms with E-state index >= 15 is 0 Å². The summed E-state index contributed by atoms with van der Waals surface area (Å²) in [5.41, 5.74) is 0.794. The van der Waals surface area contributed by atoms with Crippen LogP contribution in [0.5, 0.6) is 5.75 Å². The molecule has 0 bridgehead atoms. The molecule has 160 valence electrons. The van der Waals surface area contributed by atoms with Crippen LogP contribution >= 0.6 is 34.2 Å². The lowest BCUT2D eigenvalue weighted by atomic mass is 10.1. The average Bonchev–Trinajstić information content (AvgIpc) is 3.25. The molecule has 1 fully saturated rings. The van der Waals surface area contributed by atoms with Gasteiger partial charge in [-0.15, -0.1) is 0 Å². The number of carbonyl (C=O) groups is 2. The summed E-state index contributed by atoms with van der Waals surface area (Å²) in [6, 6.07) is 14.4. The van der Waals surface area contributed by atoms with E-state index in [1.54, 1.807) is 13.0 Å². The first-order valence-corrected chi connectivity index (χ1v) is 11.6. The van der Waals surface area contributed by atoms with E-state index in [0.29, 0.717) is 10.8 Å². The van der Waals surface area contributed by atoms with Crippen molar-refractivity contribution in [1.29, 1.82) is 0 Å². The van der Waals surface area contributed by atoms with Crippen LogP contribution < -0.4 is 10.1 Å². The first kappa shape index (κ1) is 22.9. The van der Waals surface area contributed by atoms with Crippen molar-refractivity contribution in [3.63, 3.8) is 0 Å². The topological polar surface area (TPSA) is 58.6 Å². The number of amides is 2. The van der Waals surface area contributed by atoms with Gasteiger partial charge in [0.15, 0.2) is 6.61 Å². The van der Waals surface area contributed by atoms with E-state index < -0.39 is 6.04 Å². The fourth-order valence-corrected chi connectivity index (χ4v) is 4.10. The maximum absolute atomic E-state index is 13.1. The molecule has 0 unspecified atom stereocenters. The smallest absolute Gasteiger partial charge is 0.261 e. The van der Waals surface area contributed by atoms with Crippen LogP contribution in [0.2, 0.25) is 5.02 Å². The van der Waals surface area contributed by atoms with Gasteiger partial charge in [-0.25, -0.2) is 0 Å². The summed E-state index contributed by atoms with van der Waals surface area (Å²) >= 11 is 8.52. The molecule has 0 heterocycles. The van der Waals surface area contributed by atoms with Crippen LogP contribution in [0.1, 0.15) is 38.2 Å². The first-order valence-electron chi connectivity index (χ1n) is 10.2. The third-order valence-electron chi connectivity index (χ3n) is 5.34. The van der Waals surface area contributed by atoms with E-state index in [1.807, 2.05) is 42.5 Å². The van der Waals surface area contributed by atoms with Gasteiger partial charge in [0.2, 0.25) is 5.91 Å². The predicted octanol–water partition coefficient (Wildman–Crippen LogP) is 4.80. The van der Waals surface area contributed by atoms with Crippen molar-refractivity contribution in [3.05, 3.63) is 62.7 Å². The van der Waals surface area contributed by atoms with Crippen LogP contribution in [0.3, 0.4) is 0 Å². The standard InChI is InChI=1S/C23H26ClIN2O3/c1-16(23(29)26-19-7-3-4-8-19)27(14-17-6-2-5-9-21(17)24)22(28)15-30-20-12-10-18(25)11-13-20/h2,5-6,9-13,16,19H,3-4,7-8,14-15H2,1H3,(H,26,29)/t16-/m0/s1. The molecule has 0 saturated heterocycles. The van der Waals surface area contributed by atoms with Gasteiger partial charge in [0.1, 0.15) is 11.8 Å². The van der Waals surface area contributed by atoms with Crippen molar-refractivity contribution in [2.75, 3.05) is 6.61 Å². The molecule has 3 rings (SSSR count). The Bertz CT molecular complexity index is 869. The Kier molecular flexibility index (Phi) is 8.39. The summed E-state index contributed by atoms with van der Waals surface area (Å²) in [4.78, 5) is 27.5. The van der Waals surface area contributed by atoms with Gasteiger partial charge >= 0.3 is 0 Å². The fraction of sp³-hybridized carbons (Fsp3) is 0.391. The Morgan fingerprint density at radius 1 is 1.17 bits per heavy atom. The minimum Gasteiger partial charge on any atom is -0.484 e. The Labute approximate surface area is 196 Å². The molecular formula is C23H26ClIN2O3. The maximum atomic E-state index is 13.1. The largest absolute Gasteiger partial charge is 0.484 e. The molecule has 2 amide bonds. The second-order valence-corrected chi connectivity index (χ2v) is 9.17. The molecule has 0 aromatic heterocycles. The van der Waals surface area contributed by atoms with Crippen LogP contribution in [0.15, 0.2) is 48.5 Å². The molecule has 2 aromatic rings. The molecular weight excluding hydrogens is 515 g/mol. The van der Waals surface area contributed by atoms with Crippen LogP contribution in [0, 0.1) is 3.57 Å². The number of rotatable bonds is 8. The van der Waals surface area contributed by atoms with E-state index in [1.165, 1.54) is 4.90 Å². The van der Waals surface area contributed by atoms with Crippen LogP contribution in [0.4, 0.5) is 0 Å². The Morgan fingerprint density at radius 2 is 1.83 bits per heavy atom.